The average Bonchev–Trinajstić information content (AvgIpc) is 2.58. The van der Waals surface area contributed by atoms with E-state index in [0.29, 0.717) is 13.2 Å². The van der Waals surface area contributed by atoms with Crippen LogP contribution in [0.3, 0.4) is 0 Å². The van der Waals surface area contributed by atoms with E-state index in [9.17, 15) is 0 Å². The summed E-state index contributed by atoms with van der Waals surface area (Å²) in [5.74, 6) is 0. The van der Waals surface area contributed by atoms with Crippen LogP contribution >= 0.6 is 0 Å². The van der Waals surface area contributed by atoms with Gasteiger partial charge in [0.25, 0.3) is 0 Å². The molecule has 0 bridgehead atoms. The zero-order valence-corrected chi connectivity index (χ0v) is 6.41. The number of ether oxygens (including phenoxy) is 3. The van der Waals surface area contributed by atoms with Crippen molar-refractivity contribution in [1.82, 2.24) is 5.32 Å². The summed E-state index contributed by atoms with van der Waals surface area (Å²) < 4.78 is 16.1. The van der Waals surface area contributed by atoms with E-state index in [4.69, 9.17) is 14.2 Å². The van der Waals surface area contributed by atoms with Gasteiger partial charge in [-0.1, -0.05) is 0 Å². The van der Waals surface area contributed by atoms with Gasteiger partial charge in [0.15, 0.2) is 6.29 Å². The van der Waals surface area contributed by atoms with Crippen LogP contribution in [0.5, 0.6) is 0 Å². The smallest absolute Gasteiger partial charge is 0.185 e. The highest BCUT2D eigenvalue weighted by Gasteiger charge is 2.28. The molecule has 2 heterocycles. The van der Waals surface area contributed by atoms with Gasteiger partial charge in [0.05, 0.1) is 19.8 Å². The molecule has 2 rings (SSSR count). The van der Waals surface area contributed by atoms with Crippen LogP contribution in [0.25, 0.3) is 0 Å². The summed E-state index contributed by atoms with van der Waals surface area (Å²) in [5.41, 5.74) is 0. The minimum Gasteiger partial charge on any atom is -0.370 e. The Morgan fingerprint density at radius 2 is 1.82 bits per heavy atom. The molecule has 0 aromatic heterocycles. The molecule has 1 unspecified atom stereocenters. The van der Waals surface area contributed by atoms with E-state index in [1.165, 1.54) is 0 Å². The number of morpholine rings is 1. The minimum atomic E-state index is -0.136. The van der Waals surface area contributed by atoms with E-state index in [2.05, 4.69) is 5.32 Å². The molecule has 2 aliphatic rings. The first-order valence-corrected chi connectivity index (χ1v) is 4.02. The molecular weight excluding hydrogens is 146 g/mol. The standard InChI is InChI=1S/C7H13NO3/c1-2-9-6(5-8-1)7-10-3-4-11-7/h6-8H,1-5H2. The molecule has 0 spiro atoms. The van der Waals surface area contributed by atoms with Crippen molar-refractivity contribution in [2.75, 3.05) is 32.9 Å². The summed E-state index contributed by atoms with van der Waals surface area (Å²) in [4.78, 5) is 0. The molecule has 1 N–H and O–H groups in total. The SMILES string of the molecule is C1COC(C2OCCO2)CN1. The normalized spacial score (nSPS) is 34.4. The zero-order valence-electron chi connectivity index (χ0n) is 6.41. The Bertz CT molecular complexity index is 119. The van der Waals surface area contributed by atoms with Crippen molar-refractivity contribution in [2.45, 2.75) is 12.4 Å². The molecule has 0 radical (unpaired) electrons. The van der Waals surface area contributed by atoms with Crippen LogP contribution in [0.4, 0.5) is 0 Å². The maximum absolute atomic E-state index is 5.45. The van der Waals surface area contributed by atoms with Gasteiger partial charge in [-0.3, -0.25) is 0 Å². The molecule has 0 amide bonds. The third-order valence-corrected chi connectivity index (χ3v) is 1.91. The number of hydrogen-bond acceptors (Lipinski definition) is 4. The fourth-order valence-electron chi connectivity index (χ4n) is 1.35. The van der Waals surface area contributed by atoms with Gasteiger partial charge in [0.2, 0.25) is 0 Å². The van der Waals surface area contributed by atoms with Crippen molar-refractivity contribution < 1.29 is 14.2 Å². The molecule has 2 fully saturated rings. The van der Waals surface area contributed by atoms with Crippen LogP contribution in [0, 0.1) is 0 Å². The molecule has 2 saturated heterocycles. The van der Waals surface area contributed by atoms with Crippen molar-refractivity contribution in [3.8, 4) is 0 Å². The highest BCUT2D eigenvalue weighted by Crippen LogP contribution is 2.12. The van der Waals surface area contributed by atoms with E-state index in [-0.39, 0.29) is 12.4 Å². The third-order valence-electron chi connectivity index (χ3n) is 1.91. The second-order valence-corrected chi connectivity index (χ2v) is 2.72. The number of rotatable bonds is 1. The van der Waals surface area contributed by atoms with Crippen LogP contribution in [-0.4, -0.2) is 45.3 Å². The van der Waals surface area contributed by atoms with Crippen LogP contribution in [0.1, 0.15) is 0 Å². The van der Waals surface area contributed by atoms with Gasteiger partial charge >= 0.3 is 0 Å². The summed E-state index contributed by atoms with van der Waals surface area (Å²) in [6.45, 7) is 3.93. The second-order valence-electron chi connectivity index (χ2n) is 2.72. The van der Waals surface area contributed by atoms with Gasteiger partial charge in [-0.25, -0.2) is 0 Å². The van der Waals surface area contributed by atoms with Gasteiger partial charge in [-0.2, -0.15) is 0 Å². The fraction of sp³-hybridized carbons (Fsp3) is 1.00. The zero-order chi connectivity index (χ0) is 7.52. The van der Waals surface area contributed by atoms with Crippen molar-refractivity contribution in [3.63, 3.8) is 0 Å². The van der Waals surface area contributed by atoms with Crippen molar-refractivity contribution >= 4 is 0 Å². The predicted molar refractivity (Wildman–Crippen MR) is 38.3 cm³/mol. The Labute approximate surface area is 65.8 Å². The fourth-order valence-corrected chi connectivity index (χ4v) is 1.35. The minimum absolute atomic E-state index is 0.0891. The average molecular weight is 159 g/mol. The number of hydrogen-bond donors (Lipinski definition) is 1. The van der Waals surface area contributed by atoms with E-state index in [1.54, 1.807) is 0 Å². The molecular formula is C7H13NO3. The topological polar surface area (TPSA) is 39.7 Å². The van der Waals surface area contributed by atoms with E-state index in [1.807, 2.05) is 0 Å². The van der Waals surface area contributed by atoms with Crippen LogP contribution in [0.15, 0.2) is 0 Å². The molecule has 0 aromatic carbocycles. The lowest BCUT2D eigenvalue weighted by Gasteiger charge is -2.26. The van der Waals surface area contributed by atoms with E-state index >= 15 is 0 Å². The van der Waals surface area contributed by atoms with Gasteiger partial charge in [0.1, 0.15) is 6.10 Å². The molecule has 0 aromatic rings. The Balaban J connectivity index is 1.82. The Morgan fingerprint density at radius 1 is 1.00 bits per heavy atom. The molecule has 2 aliphatic heterocycles. The monoisotopic (exact) mass is 159 g/mol. The summed E-state index contributed by atoms with van der Waals surface area (Å²) in [6.07, 6.45) is -0.0472. The lowest BCUT2D eigenvalue weighted by atomic mass is 10.3. The molecule has 11 heavy (non-hydrogen) atoms. The Kier molecular flexibility index (Phi) is 2.38. The summed E-state index contributed by atoms with van der Waals surface area (Å²) >= 11 is 0. The summed E-state index contributed by atoms with van der Waals surface area (Å²) in [5, 5.41) is 3.23. The molecule has 1 atom stereocenters. The maximum atomic E-state index is 5.45. The van der Waals surface area contributed by atoms with Gasteiger partial charge < -0.3 is 19.5 Å². The van der Waals surface area contributed by atoms with Crippen LogP contribution in [-0.2, 0) is 14.2 Å². The lowest BCUT2D eigenvalue weighted by Crippen LogP contribution is -2.45. The molecule has 4 heteroatoms. The Morgan fingerprint density at radius 3 is 2.45 bits per heavy atom. The molecule has 4 nitrogen and oxygen atoms in total. The second kappa shape index (κ2) is 3.49. The van der Waals surface area contributed by atoms with Crippen LogP contribution in [0.2, 0.25) is 0 Å². The van der Waals surface area contributed by atoms with E-state index < -0.39 is 0 Å². The summed E-state index contributed by atoms with van der Waals surface area (Å²) in [6, 6.07) is 0. The largest absolute Gasteiger partial charge is 0.370 e. The molecule has 0 saturated carbocycles. The quantitative estimate of drug-likeness (QED) is 0.552. The Hall–Kier alpha value is -0.160. The number of nitrogens with one attached hydrogen (secondary N) is 1. The first-order valence-electron chi connectivity index (χ1n) is 4.02. The summed E-state index contributed by atoms with van der Waals surface area (Å²) in [7, 11) is 0. The first kappa shape index (κ1) is 7.49. The van der Waals surface area contributed by atoms with E-state index in [0.717, 1.165) is 19.7 Å². The molecule has 0 aliphatic carbocycles. The van der Waals surface area contributed by atoms with Crippen molar-refractivity contribution in [2.24, 2.45) is 0 Å². The lowest BCUT2D eigenvalue weighted by molar-refractivity contribution is -0.150. The first-order chi connectivity index (χ1) is 5.47. The van der Waals surface area contributed by atoms with Crippen molar-refractivity contribution in [1.29, 1.82) is 0 Å². The molecule has 64 valence electrons. The van der Waals surface area contributed by atoms with Gasteiger partial charge in [-0.05, 0) is 0 Å². The van der Waals surface area contributed by atoms with Crippen LogP contribution < -0.4 is 5.32 Å². The highest BCUT2D eigenvalue weighted by atomic mass is 16.7. The van der Waals surface area contributed by atoms with Gasteiger partial charge in [0, 0.05) is 13.1 Å². The highest BCUT2D eigenvalue weighted by molar-refractivity contribution is 4.72. The predicted octanol–water partition coefficient (Wildman–Crippen LogP) is -0.652. The third kappa shape index (κ3) is 1.70. The maximum Gasteiger partial charge on any atom is 0.185 e. The van der Waals surface area contributed by atoms with Crippen molar-refractivity contribution in [3.05, 3.63) is 0 Å². The van der Waals surface area contributed by atoms with Gasteiger partial charge in [-0.15, -0.1) is 0 Å².